The SMILES string of the molecule is C[C@H](OC(=O)C[C@@H](NC(N)=O)c1ccc(Cl)cc1)C(=O)NCCc1ccccc1. The minimum atomic E-state index is -0.960. The van der Waals surface area contributed by atoms with Crippen LogP contribution in [0.5, 0.6) is 0 Å². The Labute approximate surface area is 174 Å². The highest BCUT2D eigenvalue weighted by Gasteiger charge is 2.22. The lowest BCUT2D eigenvalue weighted by Gasteiger charge is -2.19. The zero-order valence-electron chi connectivity index (χ0n) is 16.1. The van der Waals surface area contributed by atoms with E-state index in [1.54, 1.807) is 24.3 Å². The van der Waals surface area contributed by atoms with E-state index in [2.05, 4.69) is 10.6 Å². The Morgan fingerprint density at radius 3 is 2.34 bits per heavy atom. The number of rotatable bonds is 9. The normalized spacial score (nSPS) is 12.5. The van der Waals surface area contributed by atoms with Gasteiger partial charge in [0.05, 0.1) is 12.5 Å². The maximum atomic E-state index is 12.3. The van der Waals surface area contributed by atoms with Crippen LogP contribution in [0, 0.1) is 0 Å². The number of urea groups is 1. The molecular formula is C21H24ClN3O4. The van der Waals surface area contributed by atoms with Gasteiger partial charge in [-0.05, 0) is 36.6 Å². The molecule has 3 amide bonds. The van der Waals surface area contributed by atoms with Gasteiger partial charge in [0, 0.05) is 11.6 Å². The van der Waals surface area contributed by atoms with Crippen LogP contribution >= 0.6 is 11.6 Å². The number of halogens is 1. The highest BCUT2D eigenvalue weighted by Crippen LogP contribution is 2.20. The summed E-state index contributed by atoms with van der Waals surface area (Å²) in [5.41, 5.74) is 6.94. The van der Waals surface area contributed by atoms with Crippen molar-refractivity contribution in [2.45, 2.75) is 31.9 Å². The van der Waals surface area contributed by atoms with E-state index in [9.17, 15) is 14.4 Å². The molecule has 0 heterocycles. The zero-order chi connectivity index (χ0) is 21.2. The van der Waals surface area contributed by atoms with E-state index in [1.165, 1.54) is 6.92 Å². The van der Waals surface area contributed by atoms with Gasteiger partial charge in [-0.3, -0.25) is 9.59 Å². The summed E-state index contributed by atoms with van der Waals surface area (Å²) in [5.74, 6) is -1.02. The van der Waals surface area contributed by atoms with Crippen molar-refractivity contribution in [2.24, 2.45) is 5.73 Å². The van der Waals surface area contributed by atoms with Gasteiger partial charge in [-0.1, -0.05) is 54.1 Å². The average molecular weight is 418 g/mol. The first-order valence-corrected chi connectivity index (χ1v) is 9.55. The molecule has 29 heavy (non-hydrogen) atoms. The topological polar surface area (TPSA) is 111 Å². The predicted octanol–water partition coefficient (Wildman–Crippen LogP) is 2.73. The number of ether oxygens (including phenoxy) is 1. The van der Waals surface area contributed by atoms with E-state index in [0.717, 1.165) is 5.56 Å². The van der Waals surface area contributed by atoms with Gasteiger partial charge in [0.15, 0.2) is 6.10 Å². The second-order valence-corrected chi connectivity index (χ2v) is 6.91. The van der Waals surface area contributed by atoms with Gasteiger partial charge in [0.1, 0.15) is 0 Å². The fraction of sp³-hybridized carbons (Fsp3) is 0.286. The lowest BCUT2D eigenvalue weighted by atomic mass is 10.0. The first-order valence-electron chi connectivity index (χ1n) is 9.17. The summed E-state index contributed by atoms with van der Waals surface area (Å²) in [6, 6.07) is 14.9. The van der Waals surface area contributed by atoms with Gasteiger partial charge in [0.2, 0.25) is 0 Å². The summed E-state index contributed by atoms with van der Waals surface area (Å²) in [6.07, 6.45) is -0.460. The van der Waals surface area contributed by atoms with Crippen LogP contribution in [0.25, 0.3) is 0 Å². The molecule has 4 N–H and O–H groups in total. The molecule has 2 aromatic carbocycles. The molecule has 0 aliphatic rings. The zero-order valence-corrected chi connectivity index (χ0v) is 16.8. The number of hydrogen-bond donors (Lipinski definition) is 3. The number of esters is 1. The van der Waals surface area contributed by atoms with Crippen LogP contribution in [0.1, 0.15) is 30.5 Å². The van der Waals surface area contributed by atoms with E-state index in [1.807, 2.05) is 30.3 Å². The molecule has 0 unspecified atom stereocenters. The van der Waals surface area contributed by atoms with Gasteiger partial charge >= 0.3 is 12.0 Å². The van der Waals surface area contributed by atoms with E-state index >= 15 is 0 Å². The van der Waals surface area contributed by atoms with Gasteiger partial charge < -0.3 is 21.1 Å². The van der Waals surface area contributed by atoms with Crippen LogP contribution in [0.15, 0.2) is 54.6 Å². The van der Waals surface area contributed by atoms with Crippen molar-refractivity contribution in [3.05, 3.63) is 70.7 Å². The first kappa shape index (κ1) is 22.2. The number of nitrogens with two attached hydrogens (primary N) is 1. The van der Waals surface area contributed by atoms with Crippen LogP contribution in [-0.4, -0.2) is 30.6 Å². The molecule has 2 atom stereocenters. The molecule has 154 valence electrons. The van der Waals surface area contributed by atoms with Crippen LogP contribution in [-0.2, 0) is 20.7 Å². The maximum Gasteiger partial charge on any atom is 0.312 e. The summed E-state index contributed by atoms with van der Waals surface area (Å²) >= 11 is 5.86. The van der Waals surface area contributed by atoms with E-state index in [0.29, 0.717) is 23.6 Å². The number of amides is 3. The molecule has 8 heteroatoms. The number of nitrogens with one attached hydrogen (secondary N) is 2. The van der Waals surface area contributed by atoms with Crippen molar-refractivity contribution in [1.82, 2.24) is 10.6 Å². The smallest absolute Gasteiger partial charge is 0.312 e. The minimum Gasteiger partial charge on any atom is -0.452 e. The Morgan fingerprint density at radius 1 is 1.07 bits per heavy atom. The average Bonchev–Trinajstić information content (AvgIpc) is 2.68. The highest BCUT2D eigenvalue weighted by molar-refractivity contribution is 6.30. The molecule has 0 fully saturated rings. The minimum absolute atomic E-state index is 0.174. The summed E-state index contributed by atoms with van der Waals surface area (Å²) in [5, 5.41) is 5.76. The summed E-state index contributed by atoms with van der Waals surface area (Å²) in [6.45, 7) is 1.93. The molecule has 0 aliphatic carbocycles. The Kier molecular flexibility index (Phi) is 8.48. The summed E-state index contributed by atoms with van der Waals surface area (Å²) in [4.78, 5) is 35.7. The number of hydrogen-bond acceptors (Lipinski definition) is 4. The van der Waals surface area contributed by atoms with Crippen molar-refractivity contribution in [3.63, 3.8) is 0 Å². The van der Waals surface area contributed by atoms with Gasteiger partial charge in [-0.25, -0.2) is 4.79 Å². The fourth-order valence-electron chi connectivity index (χ4n) is 2.70. The molecule has 0 spiro atoms. The monoisotopic (exact) mass is 417 g/mol. The first-order chi connectivity index (χ1) is 13.8. The number of carbonyl (C=O) groups is 3. The van der Waals surface area contributed by atoms with Crippen molar-refractivity contribution >= 4 is 29.5 Å². The Morgan fingerprint density at radius 2 is 1.72 bits per heavy atom. The van der Waals surface area contributed by atoms with Crippen molar-refractivity contribution in [2.75, 3.05) is 6.54 Å². The van der Waals surface area contributed by atoms with E-state index in [4.69, 9.17) is 22.1 Å². The lowest BCUT2D eigenvalue weighted by molar-refractivity contribution is -0.155. The molecule has 0 radical (unpaired) electrons. The molecule has 0 aromatic heterocycles. The number of carbonyl (C=O) groups excluding carboxylic acids is 3. The largest absolute Gasteiger partial charge is 0.452 e. The third-order valence-electron chi connectivity index (χ3n) is 4.19. The van der Waals surface area contributed by atoms with Crippen molar-refractivity contribution in [1.29, 1.82) is 0 Å². The van der Waals surface area contributed by atoms with Gasteiger partial charge in [0.25, 0.3) is 5.91 Å². The third-order valence-corrected chi connectivity index (χ3v) is 4.44. The lowest BCUT2D eigenvalue weighted by Crippen LogP contribution is -2.38. The molecule has 2 aromatic rings. The van der Waals surface area contributed by atoms with E-state index in [-0.39, 0.29) is 12.3 Å². The van der Waals surface area contributed by atoms with Gasteiger partial charge in [-0.15, -0.1) is 0 Å². The Bertz CT molecular complexity index is 828. The summed E-state index contributed by atoms with van der Waals surface area (Å²) in [7, 11) is 0. The molecule has 7 nitrogen and oxygen atoms in total. The highest BCUT2D eigenvalue weighted by atomic mass is 35.5. The second-order valence-electron chi connectivity index (χ2n) is 6.48. The second kappa shape index (κ2) is 11.1. The third kappa shape index (κ3) is 7.83. The van der Waals surface area contributed by atoms with Crippen LogP contribution in [0.3, 0.4) is 0 Å². The maximum absolute atomic E-state index is 12.3. The molecular weight excluding hydrogens is 394 g/mol. The Balaban J connectivity index is 1.85. The van der Waals surface area contributed by atoms with Crippen LogP contribution in [0.2, 0.25) is 5.02 Å². The van der Waals surface area contributed by atoms with Crippen LogP contribution < -0.4 is 16.4 Å². The molecule has 0 saturated heterocycles. The number of benzene rings is 2. The van der Waals surface area contributed by atoms with E-state index < -0.39 is 24.1 Å². The van der Waals surface area contributed by atoms with Crippen LogP contribution in [0.4, 0.5) is 4.79 Å². The van der Waals surface area contributed by atoms with Crippen molar-refractivity contribution < 1.29 is 19.1 Å². The van der Waals surface area contributed by atoms with Crippen molar-refractivity contribution in [3.8, 4) is 0 Å². The van der Waals surface area contributed by atoms with Gasteiger partial charge in [-0.2, -0.15) is 0 Å². The fourth-order valence-corrected chi connectivity index (χ4v) is 2.83. The standard InChI is InChI=1S/C21H24ClN3O4/c1-14(20(27)24-12-11-15-5-3-2-4-6-15)29-19(26)13-18(25-21(23)28)16-7-9-17(22)10-8-16/h2-10,14,18H,11-13H2,1H3,(H,24,27)(H3,23,25,28)/t14-,18+/m0/s1. The molecule has 0 bridgehead atoms. The molecule has 0 aliphatic heterocycles. The predicted molar refractivity (Wildman–Crippen MR) is 110 cm³/mol. The number of primary amides is 1. The molecule has 2 rings (SSSR count). The summed E-state index contributed by atoms with van der Waals surface area (Å²) < 4.78 is 5.20. The molecule has 0 saturated carbocycles. The quantitative estimate of drug-likeness (QED) is 0.545. The Hall–Kier alpha value is -3.06.